The van der Waals surface area contributed by atoms with Crippen LogP contribution in [0.4, 0.5) is 5.69 Å². The molecular formula is C23H29NO5S. The number of aryl methyl sites for hydroxylation is 1. The fourth-order valence-electron chi connectivity index (χ4n) is 3.68. The molecule has 1 aromatic heterocycles. The Kier molecular flexibility index (Phi) is 8.01. The summed E-state index contributed by atoms with van der Waals surface area (Å²) < 4.78 is 5.69. The lowest BCUT2D eigenvalue weighted by molar-refractivity contribution is -0.117. The number of carboxylic acids is 1. The maximum absolute atomic E-state index is 12.4. The van der Waals surface area contributed by atoms with Crippen LogP contribution >= 0.6 is 11.3 Å². The van der Waals surface area contributed by atoms with Crippen LogP contribution in [0.25, 0.3) is 0 Å². The third-order valence-electron chi connectivity index (χ3n) is 5.34. The number of anilines is 1. The molecule has 1 fully saturated rings. The van der Waals surface area contributed by atoms with Gasteiger partial charge in [-0.1, -0.05) is 38.3 Å². The molecule has 2 atom stereocenters. The van der Waals surface area contributed by atoms with Crippen LogP contribution in [0.5, 0.6) is 0 Å². The van der Waals surface area contributed by atoms with Crippen molar-refractivity contribution < 1.29 is 24.5 Å². The molecule has 1 amide bonds. The summed E-state index contributed by atoms with van der Waals surface area (Å²) in [6, 6.07) is 11.0. The summed E-state index contributed by atoms with van der Waals surface area (Å²) >= 11 is 1.29. The number of aliphatic hydroxyl groups is 1. The monoisotopic (exact) mass is 431 g/mol. The first-order valence-electron chi connectivity index (χ1n) is 10.5. The highest BCUT2D eigenvalue weighted by molar-refractivity contribution is 7.13. The van der Waals surface area contributed by atoms with Crippen molar-refractivity contribution in [2.75, 3.05) is 11.5 Å². The van der Waals surface area contributed by atoms with Crippen LogP contribution in [0.15, 0.2) is 36.4 Å². The van der Waals surface area contributed by atoms with Gasteiger partial charge in [-0.15, -0.1) is 11.3 Å². The maximum Gasteiger partial charge on any atom is 0.345 e. The van der Waals surface area contributed by atoms with Gasteiger partial charge in [0.15, 0.2) is 0 Å². The van der Waals surface area contributed by atoms with Crippen LogP contribution in [0, 0.1) is 0 Å². The summed E-state index contributed by atoms with van der Waals surface area (Å²) in [5.41, 5.74) is 1.64. The summed E-state index contributed by atoms with van der Waals surface area (Å²) in [5.74, 6) is -0.971. The number of aliphatic hydroxyl groups excluding tert-OH is 1. The number of ether oxygens (including phenoxy) is 1. The Balaban J connectivity index is 1.56. The van der Waals surface area contributed by atoms with Crippen molar-refractivity contribution in [1.29, 1.82) is 0 Å². The Bertz CT molecular complexity index is 848. The fourth-order valence-corrected chi connectivity index (χ4v) is 4.57. The number of carbonyl (C=O) groups excluding carboxylic acids is 1. The predicted octanol–water partition coefficient (Wildman–Crippen LogP) is 4.77. The van der Waals surface area contributed by atoms with E-state index in [0.29, 0.717) is 11.3 Å². The average molecular weight is 432 g/mol. The minimum absolute atomic E-state index is 0.0637. The number of amides is 1. The van der Waals surface area contributed by atoms with E-state index in [1.165, 1.54) is 11.3 Å². The van der Waals surface area contributed by atoms with E-state index in [0.717, 1.165) is 54.7 Å². The van der Waals surface area contributed by atoms with Gasteiger partial charge in [-0.25, -0.2) is 4.79 Å². The molecule has 1 aromatic carbocycles. The normalized spacial score (nSPS) is 17.5. The van der Waals surface area contributed by atoms with Gasteiger partial charge in [-0.3, -0.25) is 9.69 Å². The van der Waals surface area contributed by atoms with E-state index in [9.17, 15) is 14.7 Å². The second kappa shape index (κ2) is 10.7. The van der Waals surface area contributed by atoms with Crippen molar-refractivity contribution in [2.24, 2.45) is 0 Å². The molecule has 3 rings (SSSR count). The molecule has 162 valence electrons. The molecular weight excluding hydrogens is 402 g/mol. The molecule has 2 N–H and O–H groups in total. The minimum atomic E-state index is -0.902. The van der Waals surface area contributed by atoms with Crippen molar-refractivity contribution in [2.45, 2.75) is 64.2 Å². The summed E-state index contributed by atoms with van der Waals surface area (Å²) in [4.78, 5) is 26.4. The number of rotatable bonds is 11. The average Bonchev–Trinajstić information content (AvgIpc) is 3.35. The van der Waals surface area contributed by atoms with Crippen LogP contribution in [-0.4, -0.2) is 34.9 Å². The Morgan fingerprint density at radius 2 is 1.97 bits per heavy atom. The first kappa shape index (κ1) is 22.5. The third-order valence-corrected chi connectivity index (χ3v) is 6.47. The van der Waals surface area contributed by atoms with Gasteiger partial charge >= 0.3 is 5.97 Å². The molecule has 1 saturated heterocycles. The Hall–Kier alpha value is -2.22. The summed E-state index contributed by atoms with van der Waals surface area (Å²) in [5, 5.41) is 19.4. The van der Waals surface area contributed by atoms with Crippen molar-refractivity contribution in [3.63, 3.8) is 0 Å². The van der Waals surface area contributed by atoms with E-state index in [1.54, 1.807) is 11.0 Å². The topological polar surface area (TPSA) is 87.1 Å². The first-order chi connectivity index (χ1) is 14.5. The highest BCUT2D eigenvalue weighted by Crippen LogP contribution is 2.29. The Morgan fingerprint density at radius 1 is 1.20 bits per heavy atom. The SMILES string of the molecule is CCCCC[C@@H](O)c1ccc(N2C(=O)CO[C@H]2CCCc2ccc(C(=O)O)s2)cc1. The first-order valence-corrected chi connectivity index (χ1v) is 11.3. The molecule has 0 spiro atoms. The van der Waals surface area contributed by atoms with E-state index in [4.69, 9.17) is 9.84 Å². The van der Waals surface area contributed by atoms with Gasteiger partial charge in [0, 0.05) is 10.6 Å². The van der Waals surface area contributed by atoms with Crippen LogP contribution in [0.3, 0.4) is 0 Å². The number of carbonyl (C=O) groups is 2. The number of hydrogen-bond acceptors (Lipinski definition) is 5. The second-order valence-corrected chi connectivity index (χ2v) is 8.76. The molecule has 1 aliphatic rings. The zero-order chi connectivity index (χ0) is 21.5. The number of carboxylic acid groups (broad SMARTS) is 1. The van der Waals surface area contributed by atoms with Crippen LogP contribution in [0.1, 0.15) is 71.7 Å². The lowest BCUT2D eigenvalue weighted by atomic mass is 10.0. The number of nitrogens with zero attached hydrogens (tertiary/aromatic N) is 1. The fraction of sp³-hybridized carbons (Fsp3) is 0.478. The highest BCUT2D eigenvalue weighted by Gasteiger charge is 2.32. The Morgan fingerprint density at radius 3 is 2.63 bits per heavy atom. The number of aromatic carboxylic acids is 1. The van der Waals surface area contributed by atoms with Crippen molar-refractivity contribution in [3.05, 3.63) is 51.7 Å². The molecule has 0 bridgehead atoms. The molecule has 0 saturated carbocycles. The van der Waals surface area contributed by atoms with E-state index >= 15 is 0 Å². The number of hydrogen-bond donors (Lipinski definition) is 2. The third kappa shape index (κ3) is 5.68. The molecule has 0 unspecified atom stereocenters. The summed E-state index contributed by atoms with van der Waals surface area (Å²) in [6.07, 6.45) is 5.39. The van der Waals surface area contributed by atoms with E-state index in [1.807, 2.05) is 30.3 Å². The zero-order valence-corrected chi connectivity index (χ0v) is 18.1. The molecule has 6 nitrogen and oxygen atoms in total. The molecule has 0 radical (unpaired) electrons. The van der Waals surface area contributed by atoms with E-state index in [-0.39, 0.29) is 18.7 Å². The van der Waals surface area contributed by atoms with Gasteiger partial charge in [0.25, 0.3) is 5.91 Å². The summed E-state index contributed by atoms with van der Waals surface area (Å²) in [6.45, 7) is 2.20. The smallest absolute Gasteiger partial charge is 0.345 e. The van der Waals surface area contributed by atoms with Gasteiger partial charge in [-0.05, 0) is 55.5 Å². The van der Waals surface area contributed by atoms with Gasteiger partial charge in [-0.2, -0.15) is 0 Å². The van der Waals surface area contributed by atoms with Gasteiger partial charge in [0.1, 0.15) is 17.7 Å². The van der Waals surface area contributed by atoms with E-state index in [2.05, 4.69) is 6.92 Å². The largest absolute Gasteiger partial charge is 0.477 e. The number of benzene rings is 1. The molecule has 0 aliphatic carbocycles. The molecule has 1 aliphatic heterocycles. The lowest BCUT2D eigenvalue weighted by Gasteiger charge is -2.23. The Labute approximate surface area is 181 Å². The molecule has 2 aromatic rings. The van der Waals surface area contributed by atoms with Gasteiger partial charge in [0.05, 0.1) is 6.10 Å². The summed E-state index contributed by atoms with van der Waals surface area (Å²) in [7, 11) is 0. The predicted molar refractivity (Wildman–Crippen MR) is 117 cm³/mol. The van der Waals surface area contributed by atoms with Crippen molar-refractivity contribution >= 4 is 28.9 Å². The maximum atomic E-state index is 12.4. The zero-order valence-electron chi connectivity index (χ0n) is 17.3. The lowest BCUT2D eigenvalue weighted by Crippen LogP contribution is -2.33. The van der Waals surface area contributed by atoms with Gasteiger partial charge in [0.2, 0.25) is 0 Å². The van der Waals surface area contributed by atoms with Crippen molar-refractivity contribution in [1.82, 2.24) is 0 Å². The van der Waals surface area contributed by atoms with Gasteiger partial charge < -0.3 is 14.9 Å². The molecule has 7 heteroatoms. The van der Waals surface area contributed by atoms with Crippen LogP contribution in [-0.2, 0) is 16.0 Å². The molecule has 30 heavy (non-hydrogen) atoms. The quantitative estimate of drug-likeness (QED) is 0.500. The highest BCUT2D eigenvalue weighted by atomic mass is 32.1. The minimum Gasteiger partial charge on any atom is -0.477 e. The standard InChI is InChI=1S/C23H29NO5S/c1-2-3-4-7-19(25)16-9-11-17(12-10-16)24-21(26)15-29-22(24)8-5-6-18-13-14-20(30-18)23(27)28/h9-14,19,22,25H,2-8,15H2,1H3,(H,27,28)/t19-,22+/m1/s1. The molecule has 2 heterocycles. The number of thiophene rings is 1. The van der Waals surface area contributed by atoms with Crippen molar-refractivity contribution in [3.8, 4) is 0 Å². The van der Waals surface area contributed by atoms with Crippen LogP contribution in [0.2, 0.25) is 0 Å². The van der Waals surface area contributed by atoms with E-state index < -0.39 is 12.1 Å². The second-order valence-electron chi connectivity index (χ2n) is 7.60. The van der Waals surface area contributed by atoms with Crippen LogP contribution < -0.4 is 4.90 Å². The number of unbranched alkanes of at least 4 members (excludes halogenated alkanes) is 2.